The van der Waals surface area contributed by atoms with Crippen molar-refractivity contribution in [1.29, 1.82) is 0 Å². The smallest absolute Gasteiger partial charge is 0.161 e. The van der Waals surface area contributed by atoms with Crippen molar-refractivity contribution in [3.05, 3.63) is 23.5 Å². The molecule has 1 aromatic rings. The minimum atomic E-state index is 0.152. The third-order valence-corrected chi connectivity index (χ3v) is 3.17. The maximum absolute atomic E-state index is 11.3. The number of likely N-dealkylation sites (N-methyl/N-ethyl adjacent to an activating group) is 1. The number of carbonyl (C=O) groups is 1. The van der Waals surface area contributed by atoms with Crippen LogP contribution in [-0.4, -0.2) is 34.9 Å². The number of Topliss-reactive ketones (excluding diaryl/α,β-unsaturated/α-hetero) is 1. The Balaban J connectivity index is 2.64. The molecule has 0 amide bonds. The van der Waals surface area contributed by atoms with Gasteiger partial charge < -0.3 is 9.47 Å². The lowest BCUT2D eigenvalue weighted by molar-refractivity contribution is 0.101. The highest BCUT2D eigenvalue weighted by Crippen LogP contribution is 2.10. The standard InChI is InChI=1S/C13H22N2O/c1-5-14(6-2)9-10-15-8-7-13(11(15)3)12(4)16/h7-8H,5-6,9-10H2,1-4H3. The summed E-state index contributed by atoms with van der Waals surface area (Å²) in [5.41, 5.74) is 1.93. The van der Waals surface area contributed by atoms with Crippen LogP contribution < -0.4 is 0 Å². The van der Waals surface area contributed by atoms with E-state index in [0.29, 0.717) is 0 Å². The molecule has 90 valence electrons. The summed E-state index contributed by atoms with van der Waals surface area (Å²) in [6, 6.07) is 1.92. The lowest BCUT2D eigenvalue weighted by Gasteiger charge is -2.18. The zero-order valence-electron chi connectivity index (χ0n) is 10.8. The van der Waals surface area contributed by atoms with Crippen molar-refractivity contribution in [2.75, 3.05) is 19.6 Å². The van der Waals surface area contributed by atoms with E-state index in [0.717, 1.165) is 37.4 Å². The fourth-order valence-corrected chi connectivity index (χ4v) is 1.95. The van der Waals surface area contributed by atoms with E-state index in [4.69, 9.17) is 0 Å². The Kier molecular flexibility index (Phi) is 4.74. The third kappa shape index (κ3) is 2.95. The molecule has 1 heterocycles. The zero-order chi connectivity index (χ0) is 12.1. The molecule has 0 saturated carbocycles. The molecule has 1 rings (SSSR count). The first kappa shape index (κ1) is 13.0. The Morgan fingerprint density at radius 1 is 1.38 bits per heavy atom. The summed E-state index contributed by atoms with van der Waals surface area (Å²) < 4.78 is 2.16. The van der Waals surface area contributed by atoms with Gasteiger partial charge in [0.2, 0.25) is 0 Å². The lowest BCUT2D eigenvalue weighted by Crippen LogP contribution is -2.27. The van der Waals surface area contributed by atoms with Crippen molar-refractivity contribution in [2.45, 2.75) is 34.2 Å². The number of carbonyl (C=O) groups excluding carboxylic acids is 1. The van der Waals surface area contributed by atoms with Gasteiger partial charge in [-0.3, -0.25) is 4.79 Å². The molecule has 0 aliphatic carbocycles. The third-order valence-electron chi connectivity index (χ3n) is 3.17. The number of rotatable bonds is 6. The Labute approximate surface area is 98.1 Å². The van der Waals surface area contributed by atoms with Gasteiger partial charge in [0.15, 0.2) is 5.78 Å². The van der Waals surface area contributed by atoms with Gasteiger partial charge in [-0.05, 0) is 33.0 Å². The Bertz CT molecular complexity index is 351. The molecule has 0 aliphatic heterocycles. The number of ketones is 1. The topological polar surface area (TPSA) is 25.2 Å². The van der Waals surface area contributed by atoms with Crippen molar-refractivity contribution in [2.24, 2.45) is 0 Å². The monoisotopic (exact) mass is 222 g/mol. The van der Waals surface area contributed by atoms with Gasteiger partial charge in [0, 0.05) is 30.5 Å². The number of aromatic nitrogens is 1. The number of nitrogens with zero attached hydrogens (tertiary/aromatic N) is 2. The first-order valence-electron chi connectivity index (χ1n) is 5.99. The van der Waals surface area contributed by atoms with Crippen LogP contribution in [0.2, 0.25) is 0 Å². The van der Waals surface area contributed by atoms with Crippen LogP contribution in [0.1, 0.15) is 36.8 Å². The summed E-state index contributed by atoms with van der Waals surface area (Å²) in [5.74, 6) is 0.152. The Hall–Kier alpha value is -1.09. The van der Waals surface area contributed by atoms with Crippen LogP contribution in [-0.2, 0) is 6.54 Å². The molecule has 0 spiro atoms. The molecule has 0 aliphatic rings. The summed E-state index contributed by atoms with van der Waals surface area (Å²) in [7, 11) is 0. The summed E-state index contributed by atoms with van der Waals surface area (Å²) >= 11 is 0. The zero-order valence-corrected chi connectivity index (χ0v) is 10.8. The summed E-state index contributed by atoms with van der Waals surface area (Å²) in [4.78, 5) is 13.7. The van der Waals surface area contributed by atoms with Crippen LogP contribution >= 0.6 is 0 Å². The van der Waals surface area contributed by atoms with Crippen LogP contribution in [0.15, 0.2) is 12.3 Å². The molecule has 0 atom stereocenters. The van der Waals surface area contributed by atoms with E-state index in [1.807, 2.05) is 19.2 Å². The minimum absolute atomic E-state index is 0.152. The highest BCUT2D eigenvalue weighted by molar-refractivity contribution is 5.95. The van der Waals surface area contributed by atoms with Crippen molar-refractivity contribution in [1.82, 2.24) is 9.47 Å². The normalized spacial score (nSPS) is 11.1. The molecule has 3 heteroatoms. The van der Waals surface area contributed by atoms with Gasteiger partial charge in [-0.15, -0.1) is 0 Å². The van der Waals surface area contributed by atoms with Crippen molar-refractivity contribution in [3.63, 3.8) is 0 Å². The second kappa shape index (κ2) is 5.85. The first-order valence-corrected chi connectivity index (χ1v) is 5.99. The summed E-state index contributed by atoms with van der Waals surface area (Å²) in [5, 5.41) is 0. The van der Waals surface area contributed by atoms with E-state index in [9.17, 15) is 4.79 Å². The van der Waals surface area contributed by atoms with Gasteiger partial charge in [0.25, 0.3) is 0 Å². The molecule has 0 saturated heterocycles. The molecule has 16 heavy (non-hydrogen) atoms. The van der Waals surface area contributed by atoms with Crippen LogP contribution in [0.4, 0.5) is 0 Å². The molecule has 3 nitrogen and oxygen atoms in total. The first-order chi connectivity index (χ1) is 7.60. The van der Waals surface area contributed by atoms with Gasteiger partial charge in [0.1, 0.15) is 0 Å². The average molecular weight is 222 g/mol. The predicted octanol–water partition coefficient (Wildman–Crippen LogP) is 2.34. The summed E-state index contributed by atoms with van der Waals surface area (Å²) in [6.45, 7) is 12.1. The van der Waals surface area contributed by atoms with Gasteiger partial charge in [-0.25, -0.2) is 0 Å². The van der Waals surface area contributed by atoms with Crippen LogP contribution in [0.5, 0.6) is 0 Å². The minimum Gasteiger partial charge on any atom is -0.350 e. The second-order valence-electron chi connectivity index (χ2n) is 4.09. The van der Waals surface area contributed by atoms with Gasteiger partial charge in [-0.1, -0.05) is 13.8 Å². The molecule has 0 unspecified atom stereocenters. The van der Waals surface area contributed by atoms with Crippen molar-refractivity contribution >= 4 is 5.78 Å². The maximum atomic E-state index is 11.3. The van der Waals surface area contributed by atoms with Gasteiger partial charge in [-0.2, -0.15) is 0 Å². The quantitative estimate of drug-likeness (QED) is 0.690. The molecular weight excluding hydrogens is 200 g/mol. The number of hydrogen-bond donors (Lipinski definition) is 0. The molecule has 0 N–H and O–H groups in total. The molecular formula is C13H22N2O. The largest absolute Gasteiger partial charge is 0.350 e. The lowest BCUT2D eigenvalue weighted by atomic mass is 10.2. The molecule has 1 aromatic heterocycles. The van der Waals surface area contributed by atoms with E-state index in [1.54, 1.807) is 6.92 Å². The van der Waals surface area contributed by atoms with E-state index in [-0.39, 0.29) is 5.78 Å². The maximum Gasteiger partial charge on any atom is 0.161 e. The van der Waals surface area contributed by atoms with Crippen molar-refractivity contribution in [3.8, 4) is 0 Å². The Morgan fingerprint density at radius 3 is 2.44 bits per heavy atom. The van der Waals surface area contributed by atoms with Crippen molar-refractivity contribution < 1.29 is 4.79 Å². The summed E-state index contributed by atoms with van der Waals surface area (Å²) in [6.07, 6.45) is 2.01. The average Bonchev–Trinajstić information content (AvgIpc) is 2.62. The molecule has 0 radical (unpaired) electrons. The fraction of sp³-hybridized carbons (Fsp3) is 0.615. The van der Waals surface area contributed by atoms with Crippen LogP contribution in [0, 0.1) is 6.92 Å². The molecule has 0 bridgehead atoms. The molecule has 0 fully saturated rings. The van der Waals surface area contributed by atoms with Gasteiger partial charge in [0.05, 0.1) is 0 Å². The van der Waals surface area contributed by atoms with E-state index in [1.165, 1.54) is 0 Å². The van der Waals surface area contributed by atoms with E-state index >= 15 is 0 Å². The van der Waals surface area contributed by atoms with Gasteiger partial charge >= 0.3 is 0 Å². The van der Waals surface area contributed by atoms with Crippen LogP contribution in [0.25, 0.3) is 0 Å². The SMILES string of the molecule is CCN(CC)CCn1ccc(C(C)=O)c1C. The second-order valence-corrected chi connectivity index (χ2v) is 4.09. The molecule has 0 aromatic carbocycles. The van der Waals surface area contributed by atoms with Crippen LogP contribution in [0.3, 0.4) is 0 Å². The van der Waals surface area contributed by atoms with E-state index < -0.39 is 0 Å². The number of hydrogen-bond acceptors (Lipinski definition) is 2. The highest BCUT2D eigenvalue weighted by atomic mass is 16.1. The fourth-order valence-electron chi connectivity index (χ4n) is 1.95. The highest BCUT2D eigenvalue weighted by Gasteiger charge is 2.08. The predicted molar refractivity (Wildman–Crippen MR) is 67.0 cm³/mol. The Morgan fingerprint density at radius 2 is 2.00 bits per heavy atom. The van der Waals surface area contributed by atoms with E-state index in [2.05, 4.69) is 23.3 Å².